The molecule has 0 aliphatic carbocycles. The van der Waals surface area contributed by atoms with Gasteiger partial charge in [-0.15, -0.1) is 22.7 Å². The lowest BCUT2D eigenvalue weighted by molar-refractivity contribution is -0.164. The van der Waals surface area contributed by atoms with Crippen LogP contribution in [0.3, 0.4) is 0 Å². The van der Waals surface area contributed by atoms with Crippen molar-refractivity contribution in [3.8, 4) is 0 Å². The van der Waals surface area contributed by atoms with Gasteiger partial charge in [-0.3, -0.25) is 24.0 Å². The van der Waals surface area contributed by atoms with Gasteiger partial charge in [0.25, 0.3) is 0 Å². The van der Waals surface area contributed by atoms with Crippen molar-refractivity contribution in [1.82, 2.24) is 25.0 Å². The molecule has 2 aliphatic rings. The smallest absolute Gasteiger partial charge is 0.305 e. The average molecular weight is 1070 g/mol. The van der Waals surface area contributed by atoms with Crippen LogP contribution in [0.1, 0.15) is 114 Å². The summed E-state index contributed by atoms with van der Waals surface area (Å²) in [7, 11) is 0. The third-order valence-corrected chi connectivity index (χ3v) is 16.4. The molecular formula is C61H74N6O7S2. The molecule has 13 nitrogen and oxygen atoms in total. The summed E-state index contributed by atoms with van der Waals surface area (Å²) in [4.78, 5) is 72.4. The molecule has 2 aliphatic heterocycles. The summed E-state index contributed by atoms with van der Waals surface area (Å²) in [6, 6.07) is 30.5. The summed E-state index contributed by atoms with van der Waals surface area (Å²) < 4.78 is 12.6. The summed E-state index contributed by atoms with van der Waals surface area (Å²) in [6.45, 7) is 19.5. The summed E-state index contributed by atoms with van der Waals surface area (Å²) >= 11 is 3.47. The van der Waals surface area contributed by atoms with Gasteiger partial charge in [-0.2, -0.15) is 0 Å². The van der Waals surface area contributed by atoms with Crippen molar-refractivity contribution in [1.29, 1.82) is 0 Å². The molecule has 2 unspecified atom stereocenters. The predicted octanol–water partition coefficient (Wildman–Crippen LogP) is 11.6. The Morgan fingerprint density at radius 2 is 1.37 bits per heavy atom. The molecular weight excluding hydrogens is 993 g/mol. The van der Waals surface area contributed by atoms with Crippen LogP contribution in [0.25, 0.3) is 37.2 Å². The molecule has 5 heterocycles. The Labute approximate surface area is 455 Å². The normalized spacial score (nSPS) is 16.6. The van der Waals surface area contributed by atoms with Crippen LogP contribution in [0.2, 0.25) is 0 Å². The minimum absolute atomic E-state index is 0.0540. The van der Waals surface area contributed by atoms with Crippen LogP contribution in [0.5, 0.6) is 0 Å². The van der Waals surface area contributed by atoms with Crippen LogP contribution in [-0.4, -0.2) is 99.8 Å². The number of ether oxygens (including phenoxy) is 2. The van der Waals surface area contributed by atoms with E-state index in [9.17, 15) is 24.0 Å². The quantitative estimate of drug-likeness (QED) is 0.0497. The van der Waals surface area contributed by atoms with Crippen LogP contribution < -0.4 is 11.1 Å². The van der Waals surface area contributed by atoms with E-state index in [4.69, 9.17) is 15.2 Å². The molecule has 9 rings (SSSR count). The first-order chi connectivity index (χ1) is 36.6. The molecule has 4 aromatic carbocycles. The van der Waals surface area contributed by atoms with E-state index in [0.29, 0.717) is 83.2 Å². The molecule has 3 aromatic heterocycles. The molecule has 0 bridgehead atoms. The number of nitrogen functional groups attached to an aromatic ring is 1. The fourth-order valence-corrected chi connectivity index (χ4v) is 11.9. The molecule has 3 amide bonds. The molecule has 4 N–H and O–H groups in total. The van der Waals surface area contributed by atoms with E-state index in [1.165, 1.54) is 15.6 Å². The highest BCUT2D eigenvalue weighted by Crippen LogP contribution is 2.36. The van der Waals surface area contributed by atoms with E-state index in [-0.39, 0.29) is 42.5 Å². The molecule has 0 saturated carbocycles. The van der Waals surface area contributed by atoms with Gasteiger partial charge >= 0.3 is 11.9 Å². The molecule has 7 aromatic rings. The Kier molecular flexibility index (Phi) is 19.7. The number of H-pyrrole nitrogens is 1. The maximum Gasteiger partial charge on any atom is 0.305 e. The fourth-order valence-electron chi connectivity index (χ4n) is 9.77. The number of aromatic amines is 1. The van der Waals surface area contributed by atoms with Gasteiger partial charge in [0.15, 0.2) is 0 Å². The molecule has 76 heavy (non-hydrogen) atoms. The van der Waals surface area contributed by atoms with Gasteiger partial charge in [0.2, 0.25) is 17.7 Å². The largest absolute Gasteiger partial charge is 0.466 e. The van der Waals surface area contributed by atoms with Gasteiger partial charge in [0.05, 0.1) is 25.2 Å². The zero-order chi connectivity index (χ0) is 54.4. The van der Waals surface area contributed by atoms with Gasteiger partial charge < -0.3 is 40.2 Å². The summed E-state index contributed by atoms with van der Waals surface area (Å²) in [5.74, 6) is 0.0689. The number of amides is 3. The van der Waals surface area contributed by atoms with E-state index in [1.54, 1.807) is 41.1 Å². The Morgan fingerprint density at radius 1 is 0.776 bits per heavy atom. The number of nitrogens with one attached hydrogen (secondary N) is 2. The molecule has 15 heteroatoms. The van der Waals surface area contributed by atoms with Gasteiger partial charge in [0, 0.05) is 72.4 Å². The second kappa shape index (κ2) is 26.3. The van der Waals surface area contributed by atoms with Crippen LogP contribution >= 0.6 is 22.7 Å². The second-order valence-electron chi connectivity index (χ2n) is 20.2. The summed E-state index contributed by atoms with van der Waals surface area (Å²) in [5, 5.41) is 11.2. The zero-order valence-corrected chi connectivity index (χ0v) is 46.6. The van der Waals surface area contributed by atoms with Crippen molar-refractivity contribution in [2.24, 2.45) is 0 Å². The highest BCUT2D eigenvalue weighted by molar-refractivity contribution is 7.17. The number of nitrogens with two attached hydrogens (primary N) is 1. The zero-order valence-electron chi connectivity index (χ0n) is 45.0. The number of nitrogens with zero attached hydrogens (tertiary/aromatic N) is 3. The summed E-state index contributed by atoms with van der Waals surface area (Å²) in [5.41, 5.74) is 11.6. The number of fused-ring (bicyclic) bond motifs is 3. The molecule has 2 saturated heterocycles. The lowest BCUT2D eigenvalue weighted by Crippen LogP contribution is -2.68. The number of esters is 2. The van der Waals surface area contributed by atoms with Crippen molar-refractivity contribution in [2.45, 2.75) is 117 Å². The highest BCUT2D eigenvalue weighted by Gasteiger charge is 2.51. The van der Waals surface area contributed by atoms with Crippen molar-refractivity contribution in [2.75, 3.05) is 45.1 Å². The number of thiophene rings is 2. The Morgan fingerprint density at radius 3 is 1.95 bits per heavy atom. The predicted molar refractivity (Wildman–Crippen MR) is 309 cm³/mol. The number of anilines is 1. The fraction of sp³-hybridized carbons (Fsp3) is 0.393. The third kappa shape index (κ3) is 14.0. The Bertz CT molecular complexity index is 3130. The maximum atomic E-state index is 14.0. The average Bonchev–Trinajstić information content (AvgIpc) is 4.16. The molecule has 0 radical (unpaired) electrons. The van der Waals surface area contributed by atoms with E-state index in [0.717, 1.165) is 56.2 Å². The number of hydrogen-bond acceptors (Lipinski definition) is 11. The number of likely N-dealkylation sites (tertiary alicyclic amines) is 1. The van der Waals surface area contributed by atoms with Gasteiger partial charge in [-0.25, -0.2) is 0 Å². The van der Waals surface area contributed by atoms with E-state index in [2.05, 4.69) is 78.6 Å². The van der Waals surface area contributed by atoms with Crippen LogP contribution in [-0.2, 0) is 53.0 Å². The minimum atomic E-state index is -0.931. The SMILES string of the molecule is C=Cc1ccc(CN(CCCC(=O)OCC)C(=O)C2(C)CCN2C(=O)Cc2csc3ccccc23)cc1N.CC(C)c1csc2ccccc12.CCOC(=O)CCCN(Cc1ccc2cc[nH]c2c1)C(=O)C1(C)CCN1. The molecule has 0 spiro atoms. The van der Waals surface area contributed by atoms with Crippen LogP contribution in [0, 0.1) is 0 Å². The van der Waals surface area contributed by atoms with E-state index < -0.39 is 11.1 Å². The molecule has 2 atom stereocenters. The lowest BCUT2D eigenvalue weighted by atomic mass is 9.84. The van der Waals surface area contributed by atoms with Crippen molar-refractivity contribution < 1.29 is 33.4 Å². The third-order valence-electron chi connectivity index (χ3n) is 14.4. The molecule has 2 fully saturated rings. The monoisotopic (exact) mass is 1070 g/mol. The van der Waals surface area contributed by atoms with Gasteiger partial charge in [-0.05, 0) is 151 Å². The standard InChI is InChI=1S/C30H35N3O4S.C20H27N3O3.C11H12S/c1-4-22-13-12-21(17-25(22)31)19-32(15-8-11-28(35)37-5-2)29(36)30(3)14-16-33(30)27(34)18-23-20-38-26-10-7-6-9-24(23)26;1-3-26-18(24)5-4-12-23(19(25)20(2)9-11-22-20)14-15-6-7-16-8-10-21-17(16)13-15;1-8(2)10-7-12-11-6-4-3-5-9(10)11/h4,6-7,9-10,12-13,17,20H,1,5,8,11,14-16,18-19,31H2,2-3H3;6-8,10,13,21-22H,3-5,9,11-12,14H2,1-2H3;3-8H,1-2H3. The minimum Gasteiger partial charge on any atom is -0.466 e. The number of rotatable bonds is 20. The van der Waals surface area contributed by atoms with E-state index >= 15 is 0 Å². The summed E-state index contributed by atoms with van der Waals surface area (Å²) in [6.07, 6.45) is 6.92. The van der Waals surface area contributed by atoms with Crippen molar-refractivity contribution >= 4 is 95.2 Å². The lowest BCUT2D eigenvalue weighted by Gasteiger charge is -2.51. The number of carbonyl (C=O) groups is 5. The number of aromatic nitrogens is 1. The first-order valence-corrected chi connectivity index (χ1v) is 28.3. The van der Waals surface area contributed by atoms with Gasteiger partial charge in [-0.1, -0.05) is 87.2 Å². The highest BCUT2D eigenvalue weighted by atomic mass is 32.1. The topological polar surface area (TPSA) is 167 Å². The van der Waals surface area contributed by atoms with Gasteiger partial charge in [0.1, 0.15) is 5.54 Å². The molecule has 402 valence electrons. The second-order valence-corrected chi connectivity index (χ2v) is 22.0. The number of benzene rings is 4. The first-order valence-electron chi connectivity index (χ1n) is 26.5. The Balaban J connectivity index is 0.000000189. The Hall–Kier alpha value is -6.81. The van der Waals surface area contributed by atoms with Crippen molar-refractivity contribution in [3.05, 3.63) is 142 Å². The maximum absolute atomic E-state index is 14.0. The van der Waals surface area contributed by atoms with Crippen LogP contribution in [0.4, 0.5) is 5.69 Å². The first kappa shape index (κ1) is 56.9. The van der Waals surface area contributed by atoms with E-state index in [1.807, 2.05) is 90.2 Å². The number of carbonyl (C=O) groups excluding carboxylic acids is 5. The van der Waals surface area contributed by atoms with Crippen LogP contribution in [0.15, 0.2) is 115 Å². The number of hydrogen-bond donors (Lipinski definition) is 3. The van der Waals surface area contributed by atoms with Crippen molar-refractivity contribution in [3.63, 3.8) is 0 Å².